The Morgan fingerprint density at radius 3 is 1.84 bits per heavy atom. The van der Waals surface area contributed by atoms with Gasteiger partial charge in [0, 0.05) is 17.3 Å². The number of carbonyl (C=O) groups is 2. The van der Waals surface area contributed by atoms with Crippen LogP contribution in [0.25, 0.3) is 0 Å². The van der Waals surface area contributed by atoms with E-state index in [9.17, 15) is 9.59 Å². The molecule has 0 aliphatic carbocycles. The maximum absolute atomic E-state index is 11.5. The molecular formula is C14H20N2O3. The monoisotopic (exact) mass is 264 g/mol. The van der Waals surface area contributed by atoms with Crippen LogP contribution in [0.15, 0.2) is 24.3 Å². The highest BCUT2D eigenvalue weighted by Gasteiger charge is 2.08. The van der Waals surface area contributed by atoms with Gasteiger partial charge in [0.1, 0.15) is 0 Å². The number of hydrogen-bond donors (Lipinski definition) is 2. The maximum Gasteiger partial charge on any atom is 0.411 e. The number of rotatable bonds is 4. The number of hydrogen-bond acceptors (Lipinski definition) is 3. The molecule has 0 radical (unpaired) electrons. The normalized spacial score (nSPS) is 10.4. The van der Waals surface area contributed by atoms with Crippen molar-refractivity contribution in [3.8, 4) is 0 Å². The van der Waals surface area contributed by atoms with Crippen LogP contribution in [-0.4, -0.2) is 18.1 Å². The fraction of sp³-hybridized carbons (Fsp3) is 0.429. The lowest BCUT2D eigenvalue weighted by Crippen LogP contribution is -2.18. The molecule has 0 atom stereocenters. The molecule has 0 heterocycles. The zero-order valence-electron chi connectivity index (χ0n) is 11.7. The Morgan fingerprint density at radius 2 is 1.42 bits per heavy atom. The first-order chi connectivity index (χ1) is 8.88. The minimum absolute atomic E-state index is 0.0417. The molecule has 0 bridgehead atoms. The summed E-state index contributed by atoms with van der Waals surface area (Å²) in [6, 6.07) is 6.87. The first kappa shape index (κ1) is 15.0. The van der Waals surface area contributed by atoms with Crippen LogP contribution >= 0.6 is 0 Å². The molecule has 0 aliphatic heterocycles. The van der Waals surface area contributed by atoms with Crippen molar-refractivity contribution in [3.63, 3.8) is 0 Å². The highest BCUT2D eigenvalue weighted by atomic mass is 16.6. The predicted molar refractivity (Wildman–Crippen MR) is 75.1 cm³/mol. The van der Waals surface area contributed by atoms with E-state index in [1.807, 2.05) is 13.8 Å². The maximum atomic E-state index is 11.5. The molecule has 1 rings (SSSR count). The van der Waals surface area contributed by atoms with Gasteiger partial charge >= 0.3 is 6.09 Å². The van der Waals surface area contributed by atoms with Gasteiger partial charge < -0.3 is 10.1 Å². The fourth-order valence-corrected chi connectivity index (χ4v) is 1.28. The lowest BCUT2D eigenvalue weighted by atomic mass is 10.2. The standard InChI is InChI=1S/C14H20N2O3/c1-9(2)13(17)15-11-5-7-12(8-6-11)16-14(18)19-10(3)4/h5-10H,1-4H3,(H,15,17)(H,16,18). The first-order valence-electron chi connectivity index (χ1n) is 6.27. The average Bonchev–Trinajstić information content (AvgIpc) is 2.30. The van der Waals surface area contributed by atoms with Gasteiger partial charge in [0.2, 0.25) is 5.91 Å². The molecule has 104 valence electrons. The van der Waals surface area contributed by atoms with Crippen LogP contribution < -0.4 is 10.6 Å². The third kappa shape index (κ3) is 5.42. The van der Waals surface area contributed by atoms with Crippen molar-refractivity contribution < 1.29 is 14.3 Å². The van der Waals surface area contributed by atoms with Gasteiger partial charge in [-0.05, 0) is 38.1 Å². The molecule has 2 N–H and O–H groups in total. The van der Waals surface area contributed by atoms with Crippen LogP contribution in [0.4, 0.5) is 16.2 Å². The zero-order valence-corrected chi connectivity index (χ0v) is 11.7. The molecule has 2 amide bonds. The second-order valence-corrected chi connectivity index (χ2v) is 4.80. The van der Waals surface area contributed by atoms with Gasteiger partial charge in [-0.15, -0.1) is 0 Å². The van der Waals surface area contributed by atoms with E-state index in [-0.39, 0.29) is 17.9 Å². The summed E-state index contributed by atoms with van der Waals surface area (Å²) in [5.41, 5.74) is 1.31. The van der Waals surface area contributed by atoms with Crippen LogP contribution in [-0.2, 0) is 9.53 Å². The number of benzene rings is 1. The van der Waals surface area contributed by atoms with Crippen molar-refractivity contribution in [2.24, 2.45) is 5.92 Å². The third-order valence-corrected chi connectivity index (χ3v) is 2.27. The summed E-state index contributed by atoms with van der Waals surface area (Å²) in [6.07, 6.45) is -0.654. The Morgan fingerprint density at radius 1 is 0.947 bits per heavy atom. The summed E-state index contributed by atoms with van der Waals surface area (Å²) in [5.74, 6) is -0.112. The Bertz CT molecular complexity index is 439. The van der Waals surface area contributed by atoms with Crippen LogP contribution in [0, 0.1) is 5.92 Å². The lowest BCUT2D eigenvalue weighted by Gasteiger charge is -2.11. The molecule has 0 unspecified atom stereocenters. The van der Waals surface area contributed by atoms with Crippen LogP contribution in [0.1, 0.15) is 27.7 Å². The van der Waals surface area contributed by atoms with Crippen molar-refractivity contribution in [1.29, 1.82) is 0 Å². The minimum atomic E-state index is -0.492. The number of amides is 2. The number of nitrogens with one attached hydrogen (secondary N) is 2. The molecule has 0 saturated carbocycles. The Kier molecular flexibility index (Phi) is 5.36. The zero-order chi connectivity index (χ0) is 14.4. The van der Waals surface area contributed by atoms with Gasteiger partial charge in [-0.25, -0.2) is 4.79 Å². The Balaban J connectivity index is 2.57. The summed E-state index contributed by atoms with van der Waals surface area (Å²) in [5, 5.41) is 5.37. The number of carbonyl (C=O) groups excluding carboxylic acids is 2. The Hall–Kier alpha value is -2.04. The largest absolute Gasteiger partial charge is 0.447 e. The second-order valence-electron chi connectivity index (χ2n) is 4.80. The summed E-state index contributed by atoms with van der Waals surface area (Å²) >= 11 is 0. The van der Waals surface area contributed by atoms with E-state index in [0.717, 1.165) is 0 Å². The SMILES string of the molecule is CC(C)OC(=O)Nc1ccc(NC(=O)C(C)C)cc1. The van der Waals surface area contributed by atoms with Crippen molar-refractivity contribution in [2.75, 3.05) is 10.6 Å². The van der Waals surface area contributed by atoms with Crippen LogP contribution in [0.2, 0.25) is 0 Å². The minimum Gasteiger partial charge on any atom is -0.447 e. The molecule has 0 saturated heterocycles. The summed E-state index contributed by atoms with van der Waals surface area (Å²) < 4.78 is 4.96. The molecular weight excluding hydrogens is 244 g/mol. The second kappa shape index (κ2) is 6.78. The quantitative estimate of drug-likeness (QED) is 0.877. The molecule has 0 spiro atoms. The van der Waals surface area contributed by atoms with Gasteiger partial charge in [-0.2, -0.15) is 0 Å². The molecule has 0 aromatic heterocycles. The van der Waals surface area contributed by atoms with Crippen molar-refractivity contribution in [2.45, 2.75) is 33.8 Å². The van der Waals surface area contributed by atoms with Crippen LogP contribution in [0.3, 0.4) is 0 Å². The van der Waals surface area contributed by atoms with Crippen molar-refractivity contribution in [3.05, 3.63) is 24.3 Å². The van der Waals surface area contributed by atoms with E-state index in [1.54, 1.807) is 38.1 Å². The molecule has 0 aliphatic rings. The van der Waals surface area contributed by atoms with E-state index >= 15 is 0 Å². The smallest absolute Gasteiger partial charge is 0.411 e. The van der Waals surface area contributed by atoms with Gasteiger partial charge in [0.15, 0.2) is 0 Å². The van der Waals surface area contributed by atoms with Crippen molar-refractivity contribution in [1.82, 2.24) is 0 Å². The summed E-state index contributed by atoms with van der Waals surface area (Å²) in [4.78, 5) is 22.9. The van der Waals surface area contributed by atoms with Crippen LogP contribution in [0.5, 0.6) is 0 Å². The molecule has 5 heteroatoms. The van der Waals surface area contributed by atoms with Gasteiger partial charge in [-0.3, -0.25) is 10.1 Å². The van der Waals surface area contributed by atoms with E-state index in [1.165, 1.54) is 0 Å². The highest BCUT2D eigenvalue weighted by Crippen LogP contribution is 2.14. The van der Waals surface area contributed by atoms with E-state index < -0.39 is 6.09 Å². The van der Waals surface area contributed by atoms with Gasteiger partial charge in [0.05, 0.1) is 6.10 Å². The predicted octanol–water partition coefficient (Wildman–Crippen LogP) is 3.24. The van der Waals surface area contributed by atoms with E-state index in [0.29, 0.717) is 11.4 Å². The molecule has 5 nitrogen and oxygen atoms in total. The van der Waals surface area contributed by atoms with E-state index in [4.69, 9.17) is 4.74 Å². The highest BCUT2D eigenvalue weighted by molar-refractivity contribution is 5.92. The topological polar surface area (TPSA) is 67.4 Å². The van der Waals surface area contributed by atoms with Gasteiger partial charge in [-0.1, -0.05) is 13.8 Å². The molecule has 0 fully saturated rings. The average molecular weight is 264 g/mol. The number of ether oxygens (including phenoxy) is 1. The summed E-state index contributed by atoms with van der Waals surface area (Å²) in [7, 11) is 0. The van der Waals surface area contributed by atoms with Crippen molar-refractivity contribution >= 4 is 23.4 Å². The van der Waals surface area contributed by atoms with Gasteiger partial charge in [0.25, 0.3) is 0 Å². The number of anilines is 2. The summed E-state index contributed by atoms with van der Waals surface area (Å²) in [6.45, 7) is 7.22. The molecule has 1 aromatic rings. The lowest BCUT2D eigenvalue weighted by molar-refractivity contribution is -0.118. The molecule has 1 aromatic carbocycles. The fourth-order valence-electron chi connectivity index (χ4n) is 1.28. The first-order valence-corrected chi connectivity index (χ1v) is 6.27. The Labute approximate surface area is 113 Å². The molecule has 19 heavy (non-hydrogen) atoms. The van der Waals surface area contributed by atoms with E-state index in [2.05, 4.69) is 10.6 Å². The third-order valence-electron chi connectivity index (χ3n) is 2.27.